The number of carbonyl (C=O) groups excluding carboxylic acids is 2. The first-order chi connectivity index (χ1) is 15.4. The van der Waals surface area contributed by atoms with Gasteiger partial charge in [-0.15, -0.1) is 10.2 Å². The second-order valence-electron chi connectivity index (χ2n) is 8.62. The van der Waals surface area contributed by atoms with E-state index in [1.807, 2.05) is 56.3 Å². The van der Waals surface area contributed by atoms with E-state index in [0.717, 1.165) is 24.0 Å². The highest BCUT2D eigenvalue weighted by atomic mass is 32.1. The molecule has 1 aliphatic heterocycles. The van der Waals surface area contributed by atoms with Gasteiger partial charge in [-0.25, -0.2) is 4.79 Å². The molecule has 5 rings (SSSR count). The molecule has 1 aliphatic carbocycles. The Kier molecular flexibility index (Phi) is 5.05. The van der Waals surface area contributed by atoms with Crippen LogP contribution in [0.5, 0.6) is 11.5 Å². The summed E-state index contributed by atoms with van der Waals surface area (Å²) >= 11 is 1.28. The Morgan fingerprint density at radius 1 is 1.06 bits per heavy atom. The molecule has 1 atom stereocenters. The normalized spacial score (nSPS) is 16.9. The Labute approximate surface area is 189 Å². The molecule has 2 heterocycles. The lowest BCUT2D eigenvalue weighted by Gasteiger charge is -2.38. The molecule has 8 nitrogen and oxygen atoms in total. The summed E-state index contributed by atoms with van der Waals surface area (Å²) in [4.78, 5) is 25.5. The molecule has 0 spiro atoms. The lowest BCUT2D eigenvalue weighted by atomic mass is 9.69. The summed E-state index contributed by atoms with van der Waals surface area (Å²) in [6.45, 7) is 3.82. The molecular weight excluding hydrogens is 426 g/mol. The van der Waals surface area contributed by atoms with Crippen LogP contribution in [0.2, 0.25) is 0 Å². The summed E-state index contributed by atoms with van der Waals surface area (Å²) < 4.78 is 6.18. The molecule has 1 fully saturated rings. The number of rotatable bonds is 5. The predicted molar refractivity (Wildman–Crippen MR) is 122 cm³/mol. The number of hydrogen-bond acceptors (Lipinski definition) is 6. The Morgan fingerprint density at radius 3 is 2.59 bits per heavy atom. The quantitative estimate of drug-likeness (QED) is 0.522. The second-order valence-corrected chi connectivity index (χ2v) is 9.45. The molecule has 164 valence electrons. The van der Waals surface area contributed by atoms with E-state index in [2.05, 4.69) is 26.1 Å². The van der Waals surface area contributed by atoms with Crippen molar-refractivity contribution in [2.45, 2.75) is 38.6 Å². The molecule has 2 aliphatic rings. The van der Waals surface area contributed by atoms with Gasteiger partial charge in [0.15, 0.2) is 0 Å². The van der Waals surface area contributed by atoms with E-state index in [9.17, 15) is 9.59 Å². The zero-order chi connectivity index (χ0) is 22.3. The van der Waals surface area contributed by atoms with Gasteiger partial charge in [0.1, 0.15) is 17.0 Å². The Bertz CT molecular complexity index is 1170. The molecule has 1 saturated carbocycles. The van der Waals surface area contributed by atoms with Crippen molar-refractivity contribution in [2.75, 3.05) is 10.6 Å². The van der Waals surface area contributed by atoms with Crippen LogP contribution in [-0.4, -0.2) is 28.2 Å². The van der Waals surface area contributed by atoms with Gasteiger partial charge in [0.05, 0.1) is 5.41 Å². The third-order valence-electron chi connectivity index (χ3n) is 5.83. The number of hydrogen-bond donors (Lipinski definition) is 3. The van der Waals surface area contributed by atoms with Crippen LogP contribution in [0.1, 0.15) is 43.7 Å². The monoisotopic (exact) mass is 449 g/mol. The van der Waals surface area contributed by atoms with Crippen LogP contribution in [0.4, 0.5) is 15.6 Å². The first kappa shape index (κ1) is 20.4. The van der Waals surface area contributed by atoms with Crippen LogP contribution in [-0.2, 0) is 4.79 Å². The van der Waals surface area contributed by atoms with Crippen molar-refractivity contribution >= 4 is 34.1 Å². The van der Waals surface area contributed by atoms with Crippen molar-refractivity contribution in [1.29, 1.82) is 0 Å². The first-order valence-electron chi connectivity index (χ1n) is 10.5. The molecule has 2 aromatic carbocycles. The molecule has 3 N–H and O–H groups in total. The number of ether oxygens (including phenoxy) is 1. The summed E-state index contributed by atoms with van der Waals surface area (Å²) in [5.41, 5.74) is 3.21. The predicted octanol–water partition coefficient (Wildman–Crippen LogP) is 4.72. The maximum atomic E-state index is 13.3. The van der Waals surface area contributed by atoms with Gasteiger partial charge in [-0.1, -0.05) is 49.4 Å². The topological polar surface area (TPSA) is 105 Å². The van der Waals surface area contributed by atoms with Gasteiger partial charge in [-0.05, 0) is 25.0 Å². The highest BCUT2D eigenvalue weighted by Gasteiger charge is 2.43. The third kappa shape index (κ3) is 3.91. The Morgan fingerprint density at radius 2 is 1.84 bits per heavy atom. The van der Waals surface area contributed by atoms with Crippen molar-refractivity contribution in [2.24, 2.45) is 5.41 Å². The first-order valence-corrected chi connectivity index (χ1v) is 11.4. The van der Waals surface area contributed by atoms with Gasteiger partial charge in [0.2, 0.25) is 11.0 Å². The smallest absolute Gasteiger partial charge is 0.319 e. The van der Waals surface area contributed by atoms with Gasteiger partial charge < -0.3 is 20.7 Å². The highest BCUT2D eigenvalue weighted by Crippen LogP contribution is 2.52. The number of amides is 3. The number of nitrogens with zero attached hydrogens (tertiary/aromatic N) is 2. The number of fused-ring (bicyclic) bond motifs is 2. The maximum Gasteiger partial charge on any atom is 0.319 e. The molecule has 3 aromatic rings. The standard InChI is InChI=1S/C23H23N5O3S/c1-23(2,20(29)27-22-28-24-12-32-22)19-15-5-3-4-6-17(15)31-18-11-14(9-10-16(18)19)26-21(30)25-13-7-8-13/h3-6,9-13,19H,7-8H2,1-2H3,(H2,25,26,30)(H,27,28,29). The average Bonchev–Trinajstić information content (AvgIpc) is 3.42. The van der Waals surface area contributed by atoms with Crippen molar-refractivity contribution < 1.29 is 14.3 Å². The van der Waals surface area contributed by atoms with Gasteiger partial charge >= 0.3 is 6.03 Å². The SMILES string of the molecule is CC(C)(C(=O)Nc1nncs1)C1c2ccccc2Oc2cc(NC(=O)NC3CC3)ccc21. The number of anilines is 2. The number of aromatic nitrogens is 2. The summed E-state index contributed by atoms with van der Waals surface area (Å²) in [6, 6.07) is 13.3. The van der Waals surface area contributed by atoms with Crippen molar-refractivity contribution in [3.8, 4) is 11.5 Å². The average molecular weight is 450 g/mol. The second kappa shape index (κ2) is 7.90. The Balaban J connectivity index is 1.48. The van der Waals surface area contributed by atoms with Gasteiger partial charge in [-0.3, -0.25) is 4.79 Å². The van der Waals surface area contributed by atoms with Crippen molar-refractivity contribution in [1.82, 2.24) is 15.5 Å². The van der Waals surface area contributed by atoms with Crippen LogP contribution in [0.25, 0.3) is 0 Å². The van der Waals surface area contributed by atoms with Crippen molar-refractivity contribution in [3.05, 3.63) is 59.1 Å². The van der Waals surface area contributed by atoms with Crippen molar-refractivity contribution in [3.63, 3.8) is 0 Å². The molecule has 0 radical (unpaired) electrons. The number of para-hydroxylation sites is 1. The minimum atomic E-state index is -0.821. The molecule has 0 saturated heterocycles. The van der Waals surface area contributed by atoms with E-state index in [1.54, 1.807) is 5.51 Å². The summed E-state index contributed by atoms with van der Waals surface area (Å²) in [5, 5.41) is 16.9. The van der Waals surface area contributed by atoms with Crippen LogP contribution in [0, 0.1) is 5.41 Å². The largest absolute Gasteiger partial charge is 0.457 e. The third-order valence-corrected chi connectivity index (χ3v) is 6.44. The number of nitrogens with one attached hydrogen (secondary N) is 3. The molecule has 0 bridgehead atoms. The van der Waals surface area contributed by atoms with Gasteiger partial charge in [-0.2, -0.15) is 0 Å². The van der Waals surface area contributed by atoms with Crippen LogP contribution in [0.3, 0.4) is 0 Å². The fourth-order valence-electron chi connectivity index (χ4n) is 4.01. The molecule has 1 unspecified atom stereocenters. The molecule has 9 heteroatoms. The summed E-state index contributed by atoms with van der Waals surface area (Å²) in [5.74, 6) is 0.897. The summed E-state index contributed by atoms with van der Waals surface area (Å²) in [6.07, 6.45) is 2.04. The molecule has 32 heavy (non-hydrogen) atoms. The van der Waals surface area contributed by atoms with Crippen LogP contribution in [0.15, 0.2) is 48.0 Å². The Hall–Kier alpha value is -3.46. The van der Waals surface area contributed by atoms with E-state index in [4.69, 9.17) is 4.74 Å². The van der Waals surface area contributed by atoms with Crippen LogP contribution >= 0.6 is 11.3 Å². The van der Waals surface area contributed by atoms with Gasteiger partial charge in [0.25, 0.3) is 0 Å². The molecule has 1 aromatic heterocycles. The number of urea groups is 1. The molecule has 3 amide bonds. The molecular formula is C23H23N5O3S. The zero-order valence-electron chi connectivity index (χ0n) is 17.7. The summed E-state index contributed by atoms with van der Waals surface area (Å²) in [7, 11) is 0. The van der Waals surface area contributed by atoms with E-state index in [1.165, 1.54) is 11.3 Å². The fraction of sp³-hybridized carbons (Fsp3) is 0.304. The lowest BCUT2D eigenvalue weighted by Crippen LogP contribution is -2.38. The van der Waals surface area contributed by atoms with E-state index in [-0.39, 0.29) is 23.9 Å². The minimum absolute atomic E-state index is 0.159. The van der Waals surface area contributed by atoms with Gasteiger partial charge in [0, 0.05) is 34.8 Å². The maximum absolute atomic E-state index is 13.3. The number of carbonyl (C=O) groups is 2. The number of benzene rings is 2. The minimum Gasteiger partial charge on any atom is -0.457 e. The highest BCUT2D eigenvalue weighted by molar-refractivity contribution is 7.13. The zero-order valence-corrected chi connectivity index (χ0v) is 18.5. The fourth-order valence-corrected chi connectivity index (χ4v) is 4.45. The van der Waals surface area contributed by atoms with Crippen LogP contribution < -0.4 is 20.7 Å². The van der Waals surface area contributed by atoms with E-state index in [0.29, 0.717) is 22.3 Å². The lowest BCUT2D eigenvalue weighted by molar-refractivity contribution is -0.124. The van der Waals surface area contributed by atoms with E-state index < -0.39 is 5.41 Å². The van der Waals surface area contributed by atoms with E-state index >= 15 is 0 Å².